The lowest BCUT2D eigenvalue weighted by Crippen LogP contribution is -2.50. The summed E-state index contributed by atoms with van der Waals surface area (Å²) in [4.78, 5) is 51.4. The van der Waals surface area contributed by atoms with Crippen LogP contribution in [-0.2, 0) is 30.3 Å². The van der Waals surface area contributed by atoms with Gasteiger partial charge in [0, 0.05) is 25.5 Å². The van der Waals surface area contributed by atoms with Crippen molar-refractivity contribution in [3.8, 4) is 0 Å². The van der Waals surface area contributed by atoms with Crippen LogP contribution in [0.25, 0.3) is 0 Å². The molecule has 4 atom stereocenters. The zero-order chi connectivity index (χ0) is 26.5. The molecule has 1 fully saturated rings. The van der Waals surface area contributed by atoms with E-state index in [1.54, 1.807) is 20.8 Å². The number of ketones is 2. The molecule has 0 saturated carbocycles. The molecule has 0 unspecified atom stereocenters. The third kappa shape index (κ3) is 7.08. The summed E-state index contributed by atoms with van der Waals surface area (Å²) in [5.74, 6) is -1.90. The molecule has 1 aliphatic heterocycles. The fourth-order valence-corrected chi connectivity index (χ4v) is 3.73. The molecule has 2 heterocycles. The van der Waals surface area contributed by atoms with Crippen LogP contribution in [0.4, 0.5) is 0 Å². The van der Waals surface area contributed by atoms with Crippen molar-refractivity contribution in [3.05, 3.63) is 52.9 Å². The van der Waals surface area contributed by atoms with Crippen LogP contribution in [0, 0.1) is 19.8 Å². The van der Waals surface area contributed by atoms with E-state index in [1.165, 1.54) is 13.2 Å². The van der Waals surface area contributed by atoms with Crippen LogP contribution in [-0.4, -0.2) is 66.5 Å². The van der Waals surface area contributed by atoms with Gasteiger partial charge in [0.05, 0.1) is 19.3 Å². The zero-order valence-electron chi connectivity index (χ0n) is 21.3. The summed E-state index contributed by atoms with van der Waals surface area (Å²) < 4.78 is 15.3. The van der Waals surface area contributed by atoms with Gasteiger partial charge in [-0.15, -0.1) is 0 Å². The number of amides is 2. The Morgan fingerprint density at radius 1 is 1.11 bits per heavy atom. The summed E-state index contributed by atoms with van der Waals surface area (Å²) in [6, 6.07) is 7.40. The highest BCUT2D eigenvalue weighted by molar-refractivity contribution is 5.99. The van der Waals surface area contributed by atoms with E-state index in [0.29, 0.717) is 18.8 Å². The van der Waals surface area contributed by atoms with E-state index in [1.807, 2.05) is 31.2 Å². The normalized spacial score (nSPS) is 19.1. The van der Waals surface area contributed by atoms with E-state index in [-0.39, 0.29) is 30.3 Å². The quantitative estimate of drug-likeness (QED) is 0.397. The van der Waals surface area contributed by atoms with Gasteiger partial charge in [0.1, 0.15) is 17.4 Å². The molecule has 0 bridgehead atoms. The molecule has 0 aliphatic carbocycles. The average molecular weight is 500 g/mol. The highest BCUT2D eigenvalue weighted by atomic mass is 16.6. The molecule has 3 rings (SSSR count). The van der Waals surface area contributed by atoms with Gasteiger partial charge < -0.3 is 24.6 Å². The molecule has 0 radical (unpaired) electrons. The Hall–Kier alpha value is -3.37. The Morgan fingerprint density at radius 3 is 2.33 bits per heavy atom. The molecule has 10 heteroatoms. The van der Waals surface area contributed by atoms with E-state index in [2.05, 4.69) is 15.8 Å². The first-order chi connectivity index (χ1) is 17.0. The third-order valence-corrected chi connectivity index (χ3v) is 6.13. The van der Waals surface area contributed by atoms with Gasteiger partial charge >= 0.3 is 0 Å². The number of hydrogen-bond donors (Lipinski definition) is 2. The Labute approximate surface area is 210 Å². The van der Waals surface area contributed by atoms with Crippen molar-refractivity contribution in [2.24, 2.45) is 5.92 Å². The predicted octanol–water partition coefficient (Wildman–Crippen LogP) is 1.72. The number of aromatic nitrogens is 1. The van der Waals surface area contributed by atoms with Crippen molar-refractivity contribution in [3.63, 3.8) is 0 Å². The Kier molecular flexibility index (Phi) is 8.75. The lowest BCUT2D eigenvalue weighted by atomic mass is 9.93. The number of epoxide rings is 1. The number of aryl methyl sites for hydroxylation is 2. The highest BCUT2D eigenvalue weighted by Gasteiger charge is 2.50. The molecule has 1 aromatic heterocycles. The van der Waals surface area contributed by atoms with E-state index in [9.17, 15) is 19.2 Å². The third-order valence-electron chi connectivity index (χ3n) is 6.13. The number of carbonyl (C=O) groups excluding carboxylic acids is 4. The van der Waals surface area contributed by atoms with Gasteiger partial charge in [-0.2, -0.15) is 0 Å². The molecule has 2 aromatic rings. The van der Waals surface area contributed by atoms with Gasteiger partial charge in [-0.05, 0) is 32.8 Å². The van der Waals surface area contributed by atoms with Crippen LogP contribution >= 0.6 is 0 Å². The van der Waals surface area contributed by atoms with Crippen molar-refractivity contribution < 1.29 is 33.2 Å². The summed E-state index contributed by atoms with van der Waals surface area (Å²) in [6.45, 7) is 7.16. The molecule has 1 aliphatic rings. The maximum absolute atomic E-state index is 13.0. The smallest absolute Gasteiger partial charge is 0.274 e. The van der Waals surface area contributed by atoms with Gasteiger partial charge in [0.15, 0.2) is 17.3 Å². The SMILES string of the molecule is COC[C@H](NC(=O)c1cc(C)on1)C(=O)C[C@@H](C)C(=O)N[C@@H](Cc1ccc(C)cc1)C(=O)[C@@]1(C)CO1. The van der Waals surface area contributed by atoms with Gasteiger partial charge in [0.2, 0.25) is 5.91 Å². The standard InChI is InChI=1S/C26H33N3O7/c1-15-6-8-18(9-7-15)12-19(23(31)26(4)14-35-26)27-24(32)16(2)10-22(30)21(13-34-5)28-25(33)20-11-17(3)36-29-20/h6-9,11,16,19,21H,10,12-14H2,1-5H3,(H,27,32)(H,28,33)/t16-,19+,21+,26-/m1/s1. The number of ether oxygens (including phenoxy) is 2. The Bertz CT molecular complexity index is 1100. The number of Topliss-reactive ketones (excluding diaryl/α,β-unsaturated/α-hetero) is 2. The second-order valence-corrected chi connectivity index (χ2v) is 9.51. The van der Waals surface area contributed by atoms with Crippen LogP contribution in [0.2, 0.25) is 0 Å². The van der Waals surface area contributed by atoms with Gasteiger partial charge in [-0.1, -0.05) is 41.9 Å². The number of carbonyl (C=O) groups is 4. The van der Waals surface area contributed by atoms with Crippen LogP contribution in [0.1, 0.15) is 47.6 Å². The summed E-state index contributed by atoms with van der Waals surface area (Å²) in [5, 5.41) is 9.03. The largest absolute Gasteiger partial charge is 0.382 e. The van der Waals surface area contributed by atoms with Gasteiger partial charge in [-0.25, -0.2) is 0 Å². The molecule has 194 valence electrons. The van der Waals surface area contributed by atoms with E-state index < -0.39 is 35.4 Å². The van der Waals surface area contributed by atoms with Crippen molar-refractivity contribution in [2.75, 3.05) is 20.3 Å². The molecule has 0 spiro atoms. The van der Waals surface area contributed by atoms with Crippen LogP contribution in [0.15, 0.2) is 34.9 Å². The molecular formula is C26H33N3O7. The molecular weight excluding hydrogens is 466 g/mol. The number of rotatable bonds is 13. The first-order valence-corrected chi connectivity index (χ1v) is 11.8. The monoisotopic (exact) mass is 499 g/mol. The van der Waals surface area contributed by atoms with Crippen molar-refractivity contribution in [1.29, 1.82) is 0 Å². The topological polar surface area (TPSA) is 140 Å². The second kappa shape index (κ2) is 11.6. The zero-order valence-corrected chi connectivity index (χ0v) is 21.3. The van der Waals surface area contributed by atoms with Crippen LogP contribution in [0.3, 0.4) is 0 Å². The minimum Gasteiger partial charge on any atom is -0.382 e. The van der Waals surface area contributed by atoms with Crippen molar-refractivity contribution in [1.82, 2.24) is 15.8 Å². The number of nitrogens with zero attached hydrogens (tertiary/aromatic N) is 1. The van der Waals surface area contributed by atoms with Gasteiger partial charge in [0.25, 0.3) is 5.91 Å². The minimum atomic E-state index is -0.974. The number of hydrogen-bond acceptors (Lipinski definition) is 8. The first kappa shape index (κ1) is 27.2. The van der Waals surface area contributed by atoms with E-state index in [0.717, 1.165) is 11.1 Å². The van der Waals surface area contributed by atoms with E-state index in [4.69, 9.17) is 14.0 Å². The lowest BCUT2D eigenvalue weighted by molar-refractivity contribution is -0.133. The lowest BCUT2D eigenvalue weighted by Gasteiger charge is -2.23. The van der Waals surface area contributed by atoms with Crippen molar-refractivity contribution >= 4 is 23.4 Å². The molecule has 2 N–H and O–H groups in total. The van der Waals surface area contributed by atoms with E-state index >= 15 is 0 Å². The maximum atomic E-state index is 13.0. The fourth-order valence-electron chi connectivity index (χ4n) is 3.73. The minimum absolute atomic E-state index is 0.0421. The average Bonchev–Trinajstić information content (AvgIpc) is 3.44. The summed E-state index contributed by atoms with van der Waals surface area (Å²) in [7, 11) is 1.41. The number of benzene rings is 1. The summed E-state index contributed by atoms with van der Waals surface area (Å²) in [6.07, 6.45) is 0.154. The Balaban J connectivity index is 1.63. The highest BCUT2D eigenvalue weighted by Crippen LogP contribution is 2.29. The van der Waals surface area contributed by atoms with Crippen LogP contribution in [0.5, 0.6) is 0 Å². The maximum Gasteiger partial charge on any atom is 0.274 e. The molecule has 1 saturated heterocycles. The van der Waals surface area contributed by atoms with Crippen molar-refractivity contribution in [2.45, 2.75) is 58.2 Å². The fraction of sp³-hybridized carbons (Fsp3) is 0.500. The predicted molar refractivity (Wildman–Crippen MR) is 129 cm³/mol. The first-order valence-electron chi connectivity index (χ1n) is 11.8. The summed E-state index contributed by atoms with van der Waals surface area (Å²) in [5.41, 5.74) is 1.12. The molecule has 36 heavy (non-hydrogen) atoms. The second-order valence-electron chi connectivity index (χ2n) is 9.51. The summed E-state index contributed by atoms with van der Waals surface area (Å²) >= 11 is 0. The van der Waals surface area contributed by atoms with Crippen LogP contribution < -0.4 is 10.6 Å². The number of nitrogens with one attached hydrogen (secondary N) is 2. The Morgan fingerprint density at radius 2 is 1.78 bits per heavy atom. The van der Waals surface area contributed by atoms with Gasteiger partial charge in [-0.3, -0.25) is 19.2 Å². The number of methoxy groups -OCH3 is 1. The molecule has 10 nitrogen and oxygen atoms in total. The molecule has 1 aromatic carbocycles. The molecule has 2 amide bonds.